The van der Waals surface area contributed by atoms with Gasteiger partial charge < -0.3 is 14.6 Å². The number of fused-ring (bicyclic) bond motifs is 1. The lowest BCUT2D eigenvalue weighted by Gasteiger charge is -2.32. The monoisotopic (exact) mass is 466 g/mol. The first-order chi connectivity index (χ1) is 16.4. The van der Waals surface area contributed by atoms with Crippen LogP contribution in [0.1, 0.15) is 40.3 Å². The van der Waals surface area contributed by atoms with Gasteiger partial charge in [-0.15, -0.1) is 0 Å². The van der Waals surface area contributed by atoms with E-state index < -0.39 is 24.2 Å². The van der Waals surface area contributed by atoms with Crippen LogP contribution in [-0.4, -0.2) is 21.9 Å². The van der Waals surface area contributed by atoms with E-state index in [1.54, 1.807) is 36.4 Å². The Balaban J connectivity index is 1.51. The number of hydrogen-bond donors (Lipinski definition) is 1. The van der Waals surface area contributed by atoms with Crippen LogP contribution in [0, 0.1) is 0 Å². The van der Waals surface area contributed by atoms with Crippen molar-refractivity contribution in [2.75, 3.05) is 10.2 Å². The third-order valence-electron chi connectivity index (χ3n) is 5.79. The molecule has 1 aliphatic rings. The highest BCUT2D eigenvalue weighted by molar-refractivity contribution is 6.05. The average molecular weight is 466 g/mol. The van der Waals surface area contributed by atoms with Gasteiger partial charge >= 0.3 is 6.18 Å². The summed E-state index contributed by atoms with van der Waals surface area (Å²) in [6.07, 6.45) is -3.43. The Labute approximate surface area is 193 Å². The summed E-state index contributed by atoms with van der Waals surface area (Å²) in [4.78, 5) is 15.1. The summed E-state index contributed by atoms with van der Waals surface area (Å²) in [6.45, 7) is 0.247. The predicted molar refractivity (Wildman–Crippen MR) is 120 cm³/mol. The second-order valence-corrected chi connectivity index (χ2v) is 8.08. The Kier molecular flexibility index (Phi) is 5.61. The number of carbonyl (C=O) groups is 1. The van der Waals surface area contributed by atoms with Crippen LogP contribution >= 0.6 is 0 Å². The molecule has 1 amide bonds. The topological polar surface area (TPSA) is 63.3 Å². The van der Waals surface area contributed by atoms with Gasteiger partial charge in [0.2, 0.25) is 0 Å². The summed E-state index contributed by atoms with van der Waals surface area (Å²) in [5.74, 6) is 0.0184. The van der Waals surface area contributed by atoms with Gasteiger partial charge in [-0.1, -0.05) is 48.5 Å². The summed E-state index contributed by atoms with van der Waals surface area (Å²) in [6, 6.07) is 20.4. The number of alkyl halides is 3. The van der Waals surface area contributed by atoms with Gasteiger partial charge in [0.05, 0.1) is 18.8 Å². The second kappa shape index (κ2) is 8.74. The Hall–Kier alpha value is -4.01. The Morgan fingerprint density at radius 1 is 1.06 bits per heavy atom. The number of halogens is 3. The molecule has 0 bridgehead atoms. The van der Waals surface area contributed by atoms with Crippen LogP contribution in [0.2, 0.25) is 0 Å². The molecule has 1 N–H and O–H groups in total. The van der Waals surface area contributed by atoms with Crippen LogP contribution in [0.15, 0.2) is 89.5 Å². The molecular formula is C25H21F3N4O2. The number of nitrogens with one attached hydrogen (secondary N) is 1. The van der Waals surface area contributed by atoms with Crippen LogP contribution in [-0.2, 0) is 6.54 Å². The van der Waals surface area contributed by atoms with Gasteiger partial charge in [-0.2, -0.15) is 18.3 Å². The zero-order chi connectivity index (χ0) is 23.7. The summed E-state index contributed by atoms with van der Waals surface area (Å²) >= 11 is 0. The van der Waals surface area contributed by atoms with Gasteiger partial charge in [-0.25, -0.2) is 4.68 Å². The number of furan rings is 1. The lowest BCUT2D eigenvalue weighted by Crippen LogP contribution is -2.36. The molecule has 2 atom stereocenters. The average Bonchev–Trinajstić information content (AvgIpc) is 3.52. The Morgan fingerprint density at radius 2 is 1.76 bits per heavy atom. The van der Waals surface area contributed by atoms with Gasteiger partial charge in [-0.05, 0) is 29.8 Å². The van der Waals surface area contributed by atoms with E-state index in [-0.39, 0.29) is 24.5 Å². The van der Waals surface area contributed by atoms with Gasteiger partial charge in [-0.3, -0.25) is 4.79 Å². The number of benzene rings is 2. The van der Waals surface area contributed by atoms with E-state index in [4.69, 9.17) is 4.42 Å². The van der Waals surface area contributed by atoms with E-state index in [2.05, 4.69) is 10.4 Å². The van der Waals surface area contributed by atoms with Crippen molar-refractivity contribution in [3.8, 4) is 0 Å². The van der Waals surface area contributed by atoms with Gasteiger partial charge in [0.15, 0.2) is 11.7 Å². The maximum atomic E-state index is 13.9. The smallest absolute Gasteiger partial charge is 0.410 e. The molecule has 174 valence electrons. The number of amides is 1. The summed E-state index contributed by atoms with van der Waals surface area (Å²) in [5.41, 5.74) is 1.43. The van der Waals surface area contributed by atoms with Crippen LogP contribution in [0.3, 0.4) is 0 Å². The zero-order valence-electron chi connectivity index (χ0n) is 17.9. The summed E-state index contributed by atoms with van der Waals surface area (Å²) in [5, 5.41) is 7.16. The quantitative estimate of drug-likeness (QED) is 0.393. The fourth-order valence-electron chi connectivity index (χ4n) is 4.15. The largest absolute Gasteiger partial charge is 0.467 e. The van der Waals surface area contributed by atoms with Gasteiger partial charge in [0, 0.05) is 18.2 Å². The second-order valence-electron chi connectivity index (χ2n) is 8.08. The first-order valence-corrected chi connectivity index (χ1v) is 10.8. The minimum absolute atomic E-state index is 0.0726. The van der Waals surface area contributed by atoms with E-state index in [1.807, 2.05) is 36.4 Å². The standard InChI is InChI=1S/C25H21F3N4O2/c26-25(27,28)22-14-19(21-12-7-13-34-21)29-23-15-20(30-32(22)23)24(33)31(18-10-5-2-6-11-18)16-17-8-3-1-4-9-17/h1-13,15,19,22,29H,14,16H2/t19-,22-/m0/s1. The van der Waals surface area contributed by atoms with E-state index in [0.29, 0.717) is 11.4 Å². The van der Waals surface area contributed by atoms with Gasteiger partial charge in [0.1, 0.15) is 11.6 Å². The van der Waals surface area contributed by atoms with Crippen molar-refractivity contribution >= 4 is 17.4 Å². The van der Waals surface area contributed by atoms with Gasteiger partial charge in [0.25, 0.3) is 5.91 Å². The molecule has 34 heavy (non-hydrogen) atoms. The predicted octanol–water partition coefficient (Wildman–Crippen LogP) is 5.98. The molecule has 0 saturated heterocycles. The normalized spacial score (nSPS) is 17.6. The molecule has 0 unspecified atom stereocenters. The summed E-state index contributed by atoms with van der Waals surface area (Å²) in [7, 11) is 0. The maximum absolute atomic E-state index is 13.9. The molecule has 0 spiro atoms. The maximum Gasteiger partial charge on any atom is 0.410 e. The SMILES string of the molecule is O=C(c1cc2n(n1)[C@H](C(F)(F)F)C[C@@H](c1ccco1)N2)N(Cc1ccccc1)c1ccccc1. The number of carbonyl (C=O) groups excluding carboxylic acids is 1. The lowest BCUT2D eigenvalue weighted by atomic mass is 10.0. The lowest BCUT2D eigenvalue weighted by molar-refractivity contribution is -0.174. The number of anilines is 2. The zero-order valence-corrected chi connectivity index (χ0v) is 17.9. The molecule has 4 aromatic rings. The van der Waals surface area contributed by atoms with Crippen LogP contribution in [0.25, 0.3) is 0 Å². The van der Waals surface area contributed by atoms with Crippen molar-refractivity contribution in [3.63, 3.8) is 0 Å². The molecule has 0 fully saturated rings. The highest BCUT2D eigenvalue weighted by Crippen LogP contribution is 2.43. The molecule has 0 radical (unpaired) electrons. The highest BCUT2D eigenvalue weighted by Gasteiger charge is 2.47. The fourth-order valence-corrected chi connectivity index (χ4v) is 4.15. The van der Waals surface area contributed by atoms with Crippen molar-refractivity contribution < 1.29 is 22.4 Å². The highest BCUT2D eigenvalue weighted by atomic mass is 19.4. The fraction of sp³-hybridized carbons (Fsp3) is 0.200. The first kappa shape index (κ1) is 21.8. The number of para-hydroxylation sites is 1. The number of hydrogen-bond acceptors (Lipinski definition) is 4. The van der Waals surface area contributed by atoms with Crippen molar-refractivity contribution in [3.05, 3.63) is 102 Å². The molecular weight excluding hydrogens is 445 g/mol. The number of nitrogens with zero attached hydrogens (tertiary/aromatic N) is 3. The molecule has 0 saturated carbocycles. The van der Waals surface area contributed by atoms with E-state index in [9.17, 15) is 18.0 Å². The third-order valence-corrected chi connectivity index (χ3v) is 5.79. The molecule has 9 heteroatoms. The Bertz CT molecular complexity index is 1250. The van der Waals surface area contributed by atoms with E-state index in [1.165, 1.54) is 17.2 Å². The first-order valence-electron chi connectivity index (χ1n) is 10.8. The van der Waals surface area contributed by atoms with Crippen molar-refractivity contribution in [1.82, 2.24) is 9.78 Å². The van der Waals surface area contributed by atoms with E-state index >= 15 is 0 Å². The van der Waals surface area contributed by atoms with Crippen LogP contribution in [0.4, 0.5) is 24.7 Å². The van der Waals surface area contributed by atoms with Crippen LogP contribution in [0.5, 0.6) is 0 Å². The van der Waals surface area contributed by atoms with Crippen LogP contribution < -0.4 is 10.2 Å². The van der Waals surface area contributed by atoms with Crippen molar-refractivity contribution in [2.45, 2.75) is 31.2 Å². The van der Waals surface area contributed by atoms with E-state index in [0.717, 1.165) is 10.2 Å². The minimum atomic E-state index is -4.54. The number of rotatable bonds is 5. The molecule has 6 nitrogen and oxygen atoms in total. The minimum Gasteiger partial charge on any atom is -0.467 e. The van der Waals surface area contributed by atoms with Crippen molar-refractivity contribution in [1.29, 1.82) is 0 Å². The molecule has 2 aromatic heterocycles. The molecule has 1 aliphatic heterocycles. The third kappa shape index (κ3) is 4.28. The Morgan fingerprint density at radius 3 is 2.41 bits per heavy atom. The molecule has 5 rings (SSSR count). The molecule has 3 heterocycles. The number of aromatic nitrogens is 2. The summed E-state index contributed by atoms with van der Waals surface area (Å²) < 4.78 is 48.0. The molecule has 2 aromatic carbocycles. The van der Waals surface area contributed by atoms with Crippen molar-refractivity contribution in [2.24, 2.45) is 0 Å². The molecule has 0 aliphatic carbocycles.